The van der Waals surface area contributed by atoms with Crippen molar-refractivity contribution in [3.8, 4) is 0 Å². The summed E-state index contributed by atoms with van der Waals surface area (Å²) in [6.45, 7) is 8.84. The number of carbonyl (C=O) groups excluding carboxylic acids is 1. The molecule has 1 rings (SSSR count). The average Bonchev–Trinajstić information content (AvgIpc) is 2.33. The summed E-state index contributed by atoms with van der Waals surface area (Å²) in [5.41, 5.74) is -0.701. The Bertz CT molecular complexity index is 530. The zero-order valence-corrected chi connectivity index (χ0v) is 12.2. The second-order valence-electron chi connectivity index (χ2n) is 5.54. The summed E-state index contributed by atoms with van der Waals surface area (Å²) in [4.78, 5) is 11.5. The summed E-state index contributed by atoms with van der Waals surface area (Å²) in [6.07, 6.45) is -5.05. The van der Waals surface area contributed by atoms with Gasteiger partial charge >= 0.3 is 12.3 Å². The Labute approximate surface area is 121 Å². The Kier molecular flexibility index (Phi) is 5.04. The van der Waals surface area contributed by atoms with Gasteiger partial charge in [0.1, 0.15) is 5.60 Å². The minimum absolute atomic E-state index is 0.0101. The van der Waals surface area contributed by atoms with Crippen molar-refractivity contribution in [3.63, 3.8) is 0 Å². The molecule has 1 amide bonds. The lowest BCUT2D eigenvalue weighted by Crippen LogP contribution is -2.33. The van der Waals surface area contributed by atoms with Crippen LogP contribution in [0.5, 0.6) is 0 Å². The van der Waals surface area contributed by atoms with Crippen LogP contribution in [0.1, 0.15) is 31.9 Å². The Balaban J connectivity index is 2.67. The molecule has 0 saturated carbocycles. The number of hydrogen-bond acceptors (Lipinski definition) is 2. The highest BCUT2D eigenvalue weighted by Crippen LogP contribution is 2.30. The SMILES string of the molecule is C=C(CNC(=O)OC(C)(C)C)c1cccc(C(F)(F)F)c1. The molecule has 0 aliphatic carbocycles. The molecule has 0 aromatic heterocycles. The number of ether oxygens (including phenoxy) is 1. The lowest BCUT2D eigenvalue weighted by molar-refractivity contribution is -0.137. The number of amides is 1. The van der Waals surface area contributed by atoms with Crippen LogP contribution < -0.4 is 5.32 Å². The maximum Gasteiger partial charge on any atom is 0.416 e. The minimum atomic E-state index is -4.41. The van der Waals surface area contributed by atoms with Crippen molar-refractivity contribution < 1.29 is 22.7 Å². The summed E-state index contributed by atoms with van der Waals surface area (Å²) < 4.78 is 42.9. The maximum absolute atomic E-state index is 12.6. The van der Waals surface area contributed by atoms with Gasteiger partial charge in [0.05, 0.1) is 5.56 Å². The fraction of sp³-hybridized carbons (Fsp3) is 0.400. The highest BCUT2D eigenvalue weighted by Gasteiger charge is 2.30. The lowest BCUT2D eigenvalue weighted by Gasteiger charge is -2.20. The molecule has 21 heavy (non-hydrogen) atoms. The third-order valence-corrected chi connectivity index (χ3v) is 2.44. The largest absolute Gasteiger partial charge is 0.444 e. The van der Waals surface area contributed by atoms with Gasteiger partial charge in [0, 0.05) is 6.54 Å². The van der Waals surface area contributed by atoms with Crippen molar-refractivity contribution in [2.75, 3.05) is 6.54 Å². The van der Waals surface area contributed by atoms with E-state index in [1.54, 1.807) is 20.8 Å². The lowest BCUT2D eigenvalue weighted by atomic mass is 10.0. The Morgan fingerprint density at radius 1 is 1.29 bits per heavy atom. The predicted octanol–water partition coefficient (Wildman–Crippen LogP) is 4.24. The predicted molar refractivity (Wildman–Crippen MR) is 74.7 cm³/mol. The Hall–Kier alpha value is -1.98. The van der Waals surface area contributed by atoms with Crippen LogP contribution in [0.25, 0.3) is 5.57 Å². The van der Waals surface area contributed by atoms with Crippen LogP contribution >= 0.6 is 0 Å². The van der Waals surface area contributed by atoms with Gasteiger partial charge in [-0.3, -0.25) is 0 Å². The van der Waals surface area contributed by atoms with Gasteiger partial charge in [0.2, 0.25) is 0 Å². The van der Waals surface area contributed by atoms with Crippen molar-refractivity contribution >= 4 is 11.7 Å². The van der Waals surface area contributed by atoms with E-state index in [-0.39, 0.29) is 6.54 Å². The third kappa shape index (κ3) is 5.89. The summed E-state index contributed by atoms with van der Waals surface area (Å²) in [7, 11) is 0. The number of hydrogen-bond donors (Lipinski definition) is 1. The third-order valence-electron chi connectivity index (χ3n) is 2.44. The second kappa shape index (κ2) is 6.20. The van der Waals surface area contributed by atoms with Gasteiger partial charge < -0.3 is 10.1 Å². The summed E-state index contributed by atoms with van der Waals surface area (Å²) in [6, 6.07) is 4.79. The van der Waals surface area contributed by atoms with Gasteiger partial charge in [-0.15, -0.1) is 0 Å². The quantitative estimate of drug-likeness (QED) is 0.906. The molecule has 0 bridgehead atoms. The molecule has 3 nitrogen and oxygen atoms in total. The molecule has 0 atom stereocenters. The van der Waals surface area contributed by atoms with Gasteiger partial charge in [-0.05, 0) is 44.0 Å². The van der Waals surface area contributed by atoms with Crippen molar-refractivity contribution in [3.05, 3.63) is 42.0 Å². The molecule has 0 fully saturated rings. The first-order valence-corrected chi connectivity index (χ1v) is 6.31. The number of alkyl halides is 3. The maximum atomic E-state index is 12.6. The number of nitrogens with one attached hydrogen (secondary N) is 1. The number of carbonyl (C=O) groups is 1. The van der Waals surface area contributed by atoms with Gasteiger partial charge in [-0.1, -0.05) is 18.7 Å². The van der Waals surface area contributed by atoms with Crippen LogP contribution in [-0.4, -0.2) is 18.2 Å². The number of rotatable bonds is 3. The molecule has 1 aromatic rings. The van der Waals surface area contributed by atoms with Crippen LogP contribution in [0.3, 0.4) is 0 Å². The first-order valence-electron chi connectivity index (χ1n) is 6.31. The molecule has 1 aromatic carbocycles. The normalized spacial score (nSPS) is 11.9. The second-order valence-corrected chi connectivity index (χ2v) is 5.54. The standard InChI is InChI=1S/C15H18F3NO2/c1-10(9-19-13(20)21-14(2,3)4)11-6-5-7-12(8-11)15(16,17)18/h5-8H,1,9H2,2-4H3,(H,19,20). The van der Waals surface area contributed by atoms with E-state index in [0.717, 1.165) is 12.1 Å². The van der Waals surface area contributed by atoms with Crippen molar-refractivity contribution in [2.45, 2.75) is 32.5 Å². The molecular weight excluding hydrogens is 283 g/mol. The van der Waals surface area contributed by atoms with Crippen molar-refractivity contribution in [1.29, 1.82) is 0 Å². The summed E-state index contributed by atoms with van der Waals surface area (Å²) in [5, 5.41) is 2.45. The fourth-order valence-corrected chi connectivity index (χ4v) is 1.51. The molecule has 0 spiro atoms. The molecule has 0 aliphatic rings. The molecule has 0 aliphatic heterocycles. The van der Waals surface area contributed by atoms with Gasteiger partial charge in [0.15, 0.2) is 0 Å². The fourth-order valence-electron chi connectivity index (χ4n) is 1.51. The van der Waals surface area contributed by atoms with E-state index in [0.29, 0.717) is 11.1 Å². The number of halogens is 3. The first-order chi connectivity index (χ1) is 9.49. The molecule has 116 valence electrons. The van der Waals surface area contributed by atoms with Crippen molar-refractivity contribution in [2.24, 2.45) is 0 Å². The zero-order valence-electron chi connectivity index (χ0n) is 12.2. The van der Waals surface area contributed by atoms with Crippen LogP contribution in [0, 0.1) is 0 Å². The van der Waals surface area contributed by atoms with Crippen LogP contribution in [0.4, 0.5) is 18.0 Å². The van der Waals surface area contributed by atoms with Crippen LogP contribution in [0.2, 0.25) is 0 Å². The average molecular weight is 301 g/mol. The van der Waals surface area contributed by atoms with E-state index in [2.05, 4.69) is 11.9 Å². The highest BCUT2D eigenvalue weighted by atomic mass is 19.4. The molecule has 6 heteroatoms. The van der Waals surface area contributed by atoms with E-state index in [1.807, 2.05) is 0 Å². The van der Waals surface area contributed by atoms with Gasteiger partial charge in [-0.25, -0.2) is 4.79 Å². The van der Waals surface area contributed by atoms with Gasteiger partial charge in [-0.2, -0.15) is 13.2 Å². The first kappa shape index (κ1) is 17.1. The van der Waals surface area contributed by atoms with E-state index < -0.39 is 23.4 Å². The molecule has 0 heterocycles. The zero-order chi connectivity index (χ0) is 16.3. The molecule has 1 N–H and O–H groups in total. The minimum Gasteiger partial charge on any atom is -0.444 e. The monoisotopic (exact) mass is 301 g/mol. The smallest absolute Gasteiger partial charge is 0.416 e. The van der Waals surface area contributed by atoms with E-state index in [9.17, 15) is 18.0 Å². The Morgan fingerprint density at radius 3 is 2.43 bits per heavy atom. The molecule has 0 radical (unpaired) electrons. The Morgan fingerprint density at radius 2 is 1.90 bits per heavy atom. The molecule has 0 saturated heterocycles. The van der Waals surface area contributed by atoms with Crippen molar-refractivity contribution in [1.82, 2.24) is 5.32 Å². The topological polar surface area (TPSA) is 38.3 Å². The van der Waals surface area contributed by atoms with E-state index >= 15 is 0 Å². The molecule has 0 unspecified atom stereocenters. The summed E-state index contributed by atoms with van der Waals surface area (Å²) >= 11 is 0. The highest BCUT2D eigenvalue weighted by molar-refractivity contribution is 5.73. The van der Waals surface area contributed by atoms with E-state index in [4.69, 9.17) is 4.74 Å². The number of alkyl carbamates (subject to hydrolysis) is 1. The molecular formula is C15H18F3NO2. The van der Waals surface area contributed by atoms with Crippen LogP contribution in [0.15, 0.2) is 30.8 Å². The van der Waals surface area contributed by atoms with Crippen LogP contribution in [-0.2, 0) is 10.9 Å². The van der Waals surface area contributed by atoms with E-state index in [1.165, 1.54) is 12.1 Å². The number of benzene rings is 1. The van der Waals surface area contributed by atoms with Gasteiger partial charge in [0.25, 0.3) is 0 Å². The summed E-state index contributed by atoms with van der Waals surface area (Å²) in [5.74, 6) is 0.